The van der Waals surface area contributed by atoms with Crippen LogP contribution >= 0.6 is 39.7 Å². The average molecular weight is 421 g/mol. The van der Waals surface area contributed by atoms with Crippen LogP contribution < -0.4 is 14.8 Å². The van der Waals surface area contributed by atoms with Gasteiger partial charge in [-0.3, -0.25) is 0 Å². The molecule has 2 rings (SSSR count). The first-order valence-electron chi connectivity index (χ1n) is 7.15. The maximum Gasteiger partial charge on any atom is 0.175 e. The lowest BCUT2D eigenvalue weighted by Crippen LogP contribution is -2.35. The SMILES string of the molecule is COc1cc(CNC(C)(C)C)cc(Br)c1OCc1cccs1.Cl. The van der Waals surface area contributed by atoms with Crippen molar-refractivity contribution in [2.24, 2.45) is 0 Å². The minimum atomic E-state index is 0. The number of thiophene rings is 1. The summed E-state index contributed by atoms with van der Waals surface area (Å²) in [4.78, 5) is 1.19. The number of hydrogen-bond donors (Lipinski definition) is 1. The Hall–Kier alpha value is -0.750. The Morgan fingerprint density at radius 2 is 2.00 bits per heavy atom. The summed E-state index contributed by atoms with van der Waals surface area (Å²) < 4.78 is 12.3. The largest absolute Gasteiger partial charge is 0.493 e. The van der Waals surface area contributed by atoms with Gasteiger partial charge in [-0.25, -0.2) is 0 Å². The molecule has 2 aromatic rings. The van der Waals surface area contributed by atoms with E-state index in [9.17, 15) is 0 Å². The van der Waals surface area contributed by atoms with E-state index in [0.29, 0.717) is 6.61 Å². The van der Waals surface area contributed by atoms with Crippen molar-refractivity contribution in [1.82, 2.24) is 5.32 Å². The fraction of sp³-hybridized carbons (Fsp3) is 0.412. The Morgan fingerprint density at radius 1 is 1.26 bits per heavy atom. The molecule has 3 nitrogen and oxygen atoms in total. The number of rotatable bonds is 6. The van der Waals surface area contributed by atoms with E-state index in [2.05, 4.69) is 54.2 Å². The van der Waals surface area contributed by atoms with Gasteiger partial charge in [0.1, 0.15) is 6.61 Å². The van der Waals surface area contributed by atoms with Gasteiger partial charge in [-0.2, -0.15) is 0 Å². The first kappa shape index (κ1) is 20.3. The molecule has 0 unspecified atom stereocenters. The third-order valence-electron chi connectivity index (χ3n) is 3.05. The van der Waals surface area contributed by atoms with Gasteiger partial charge in [0.05, 0.1) is 11.6 Å². The lowest BCUT2D eigenvalue weighted by Gasteiger charge is -2.21. The fourth-order valence-electron chi connectivity index (χ4n) is 1.92. The molecule has 0 aliphatic carbocycles. The second kappa shape index (κ2) is 8.92. The minimum absolute atomic E-state index is 0. The van der Waals surface area contributed by atoms with Crippen molar-refractivity contribution in [3.63, 3.8) is 0 Å². The summed E-state index contributed by atoms with van der Waals surface area (Å²) >= 11 is 5.28. The van der Waals surface area contributed by atoms with Crippen LogP contribution in [0.4, 0.5) is 0 Å². The Morgan fingerprint density at radius 3 is 2.57 bits per heavy atom. The van der Waals surface area contributed by atoms with E-state index in [4.69, 9.17) is 9.47 Å². The zero-order valence-corrected chi connectivity index (χ0v) is 17.0. The van der Waals surface area contributed by atoms with Crippen LogP contribution in [0.2, 0.25) is 0 Å². The maximum absolute atomic E-state index is 5.92. The minimum Gasteiger partial charge on any atom is -0.493 e. The van der Waals surface area contributed by atoms with E-state index in [0.717, 1.165) is 28.1 Å². The Kier molecular flexibility index (Phi) is 7.87. The van der Waals surface area contributed by atoms with Crippen molar-refractivity contribution in [2.75, 3.05) is 7.11 Å². The van der Waals surface area contributed by atoms with E-state index < -0.39 is 0 Å². The van der Waals surface area contributed by atoms with Gasteiger partial charge >= 0.3 is 0 Å². The van der Waals surface area contributed by atoms with Crippen LogP contribution in [0, 0.1) is 0 Å². The van der Waals surface area contributed by atoms with E-state index in [1.165, 1.54) is 4.88 Å². The molecule has 0 aliphatic heterocycles. The van der Waals surface area contributed by atoms with Crippen molar-refractivity contribution >= 4 is 39.7 Å². The molecular weight excluding hydrogens is 398 g/mol. The van der Waals surface area contributed by atoms with Crippen LogP contribution in [-0.2, 0) is 13.2 Å². The van der Waals surface area contributed by atoms with E-state index >= 15 is 0 Å². The molecule has 0 saturated heterocycles. The number of nitrogens with one attached hydrogen (secondary N) is 1. The van der Waals surface area contributed by atoms with Gasteiger partial charge in [0.25, 0.3) is 0 Å². The van der Waals surface area contributed by atoms with Gasteiger partial charge in [-0.1, -0.05) is 6.07 Å². The lowest BCUT2D eigenvalue weighted by molar-refractivity contribution is 0.285. The Labute approximate surface area is 156 Å². The molecule has 0 atom stereocenters. The first-order valence-corrected chi connectivity index (χ1v) is 8.83. The van der Waals surface area contributed by atoms with Crippen molar-refractivity contribution in [3.05, 3.63) is 44.6 Å². The molecule has 1 heterocycles. The highest BCUT2D eigenvalue weighted by Gasteiger charge is 2.14. The van der Waals surface area contributed by atoms with Crippen molar-refractivity contribution in [1.29, 1.82) is 0 Å². The highest BCUT2D eigenvalue weighted by atomic mass is 79.9. The van der Waals surface area contributed by atoms with Crippen LogP contribution in [0.3, 0.4) is 0 Å². The average Bonchev–Trinajstić information content (AvgIpc) is 2.95. The first-order chi connectivity index (χ1) is 10.4. The second-order valence-corrected chi connectivity index (χ2v) is 7.97. The van der Waals surface area contributed by atoms with E-state index in [-0.39, 0.29) is 17.9 Å². The molecule has 1 N–H and O–H groups in total. The molecule has 1 aromatic heterocycles. The summed E-state index contributed by atoms with van der Waals surface area (Å²) in [6.45, 7) is 7.78. The molecule has 128 valence electrons. The lowest BCUT2D eigenvalue weighted by atomic mass is 10.1. The van der Waals surface area contributed by atoms with Crippen LogP contribution in [0.15, 0.2) is 34.1 Å². The molecule has 0 amide bonds. The highest BCUT2D eigenvalue weighted by Crippen LogP contribution is 2.37. The molecule has 0 radical (unpaired) electrons. The predicted molar refractivity (Wildman–Crippen MR) is 103 cm³/mol. The predicted octanol–water partition coefficient (Wildman–Crippen LogP) is 5.41. The number of ether oxygens (including phenoxy) is 2. The zero-order valence-electron chi connectivity index (χ0n) is 13.8. The normalized spacial score (nSPS) is 11.0. The van der Waals surface area contributed by atoms with Gasteiger partial charge in [0, 0.05) is 17.0 Å². The quantitative estimate of drug-likeness (QED) is 0.678. The topological polar surface area (TPSA) is 30.5 Å². The van der Waals surface area contributed by atoms with Gasteiger partial charge < -0.3 is 14.8 Å². The highest BCUT2D eigenvalue weighted by molar-refractivity contribution is 9.10. The van der Waals surface area contributed by atoms with E-state index in [1.807, 2.05) is 17.5 Å². The van der Waals surface area contributed by atoms with Crippen molar-refractivity contribution < 1.29 is 9.47 Å². The molecular formula is C17H23BrClNO2S. The van der Waals surface area contributed by atoms with Crippen LogP contribution in [0.25, 0.3) is 0 Å². The Bertz CT molecular complexity index is 612. The number of hydrogen-bond acceptors (Lipinski definition) is 4. The summed E-state index contributed by atoms with van der Waals surface area (Å²) in [5.74, 6) is 1.49. The summed E-state index contributed by atoms with van der Waals surface area (Å²) in [5, 5.41) is 5.52. The van der Waals surface area contributed by atoms with Gasteiger partial charge in [0.15, 0.2) is 11.5 Å². The second-order valence-electron chi connectivity index (χ2n) is 6.08. The molecule has 1 aromatic carbocycles. The van der Waals surface area contributed by atoms with Crippen LogP contribution in [0.1, 0.15) is 31.2 Å². The Balaban J connectivity index is 0.00000264. The molecule has 23 heavy (non-hydrogen) atoms. The van der Waals surface area contributed by atoms with Crippen molar-refractivity contribution in [3.8, 4) is 11.5 Å². The van der Waals surface area contributed by atoms with Gasteiger partial charge in [0.2, 0.25) is 0 Å². The van der Waals surface area contributed by atoms with Gasteiger partial charge in [-0.05, 0) is 65.8 Å². The standard InChI is InChI=1S/C17H22BrNO2S.ClH/c1-17(2,3)19-10-12-8-14(18)16(15(9-12)20-4)21-11-13-6-5-7-22-13;/h5-9,19H,10-11H2,1-4H3;1H. The maximum atomic E-state index is 5.92. The third kappa shape index (κ3) is 6.34. The monoisotopic (exact) mass is 419 g/mol. The van der Waals surface area contributed by atoms with Gasteiger partial charge in [-0.15, -0.1) is 23.7 Å². The van der Waals surface area contributed by atoms with Crippen molar-refractivity contribution in [2.45, 2.75) is 39.5 Å². The van der Waals surface area contributed by atoms with Crippen LogP contribution in [0.5, 0.6) is 11.5 Å². The summed E-state index contributed by atoms with van der Waals surface area (Å²) in [6.07, 6.45) is 0. The summed E-state index contributed by atoms with van der Waals surface area (Å²) in [6, 6.07) is 8.18. The number of halogens is 2. The number of methoxy groups -OCH3 is 1. The van der Waals surface area contributed by atoms with Crippen LogP contribution in [-0.4, -0.2) is 12.6 Å². The molecule has 0 bridgehead atoms. The molecule has 6 heteroatoms. The molecule has 0 fully saturated rings. The summed E-state index contributed by atoms with van der Waals surface area (Å²) in [7, 11) is 1.67. The summed E-state index contributed by atoms with van der Waals surface area (Å²) in [5.41, 5.74) is 1.23. The number of benzene rings is 1. The third-order valence-corrected chi connectivity index (χ3v) is 4.49. The molecule has 0 spiro atoms. The smallest absolute Gasteiger partial charge is 0.175 e. The molecule has 0 aliphatic rings. The van der Waals surface area contributed by atoms with E-state index in [1.54, 1.807) is 18.4 Å². The fourth-order valence-corrected chi connectivity index (χ4v) is 3.14. The molecule has 0 saturated carbocycles. The zero-order chi connectivity index (χ0) is 16.2.